The number of fused-ring (bicyclic) bond motifs is 1. The van der Waals surface area contributed by atoms with Gasteiger partial charge in [-0.05, 0) is 93.0 Å². The number of methoxy groups -OCH3 is 3. The number of rotatable bonds is 17. The van der Waals surface area contributed by atoms with E-state index in [4.69, 9.17) is 28.3 Å². The maximum absolute atomic E-state index is 14.5. The van der Waals surface area contributed by atoms with Crippen LogP contribution in [0.4, 0.5) is 8.78 Å². The van der Waals surface area contributed by atoms with E-state index in [1.165, 1.54) is 27.4 Å². The number of furan rings is 1. The number of imidazole rings is 1. The molecule has 0 bridgehead atoms. The highest BCUT2D eigenvalue weighted by atomic mass is 19.2. The minimum absolute atomic E-state index is 0.0171. The lowest BCUT2D eigenvalue weighted by Crippen LogP contribution is -2.39. The summed E-state index contributed by atoms with van der Waals surface area (Å²) in [6, 6.07) is 18.5. The first-order valence-corrected chi connectivity index (χ1v) is 18.0. The van der Waals surface area contributed by atoms with Crippen molar-refractivity contribution in [2.45, 2.75) is 38.3 Å². The number of aromatic nitrogens is 2. The molecule has 1 aliphatic rings. The first-order valence-electron chi connectivity index (χ1n) is 18.0. The zero-order chi connectivity index (χ0) is 38.2. The minimum atomic E-state index is -0.939. The van der Waals surface area contributed by atoms with Gasteiger partial charge in [-0.3, -0.25) is 9.59 Å². The van der Waals surface area contributed by atoms with Crippen LogP contribution in [0.1, 0.15) is 57.5 Å². The summed E-state index contributed by atoms with van der Waals surface area (Å²) in [5, 5.41) is 0. The molecular weight excluding hydrogens is 698 g/mol. The van der Waals surface area contributed by atoms with Crippen molar-refractivity contribution in [1.29, 1.82) is 0 Å². The van der Waals surface area contributed by atoms with Gasteiger partial charge in [-0.1, -0.05) is 18.2 Å². The molecule has 1 atom stereocenters. The number of ketones is 1. The number of carbonyl (C=O) groups excluding carboxylic acids is 2. The summed E-state index contributed by atoms with van der Waals surface area (Å²) in [4.78, 5) is 36.2. The highest BCUT2D eigenvalue weighted by molar-refractivity contribution is 5.98. The van der Waals surface area contributed by atoms with Crippen LogP contribution in [0.2, 0.25) is 0 Å². The normalized spacial score (nSPS) is 14.3. The highest BCUT2D eigenvalue weighted by Gasteiger charge is 2.30. The van der Waals surface area contributed by atoms with E-state index in [-0.39, 0.29) is 30.1 Å². The van der Waals surface area contributed by atoms with Crippen LogP contribution in [-0.4, -0.2) is 92.2 Å². The molecule has 3 aromatic carbocycles. The summed E-state index contributed by atoms with van der Waals surface area (Å²) in [5.74, 6) is -0.397. The minimum Gasteiger partial charge on any atom is -0.493 e. The van der Waals surface area contributed by atoms with Gasteiger partial charge >= 0.3 is 0 Å². The number of ether oxygens (including phenoxy) is 4. The SMILES string of the molecule is COc1cc(C(=O)N(C)CC(CCN2CCC(C(=O)c3nc4ccccc4n3CCOCc3ccco3)CC2)c2ccc(F)c(F)c2)cc(OC)c1OC. The Labute approximate surface area is 313 Å². The average Bonchev–Trinajstić information content (AvgIpc) is 3.86. The molecule has 2 aromatic heterocycles. The third-order valence-corrected chi connectivity index (χ3v) is 10.1. The van der Waals surface area contributed by atoms with Crippen LogP contribution >= 0.6 is 0 Å². The van der Waals surface area contributed by atoms with Gasteiger partial charge in [0.05, 0.1) is 45.2 Å². The second-order valence-corrected chi connectivity index (χ2v) is 13.4. The quantitative estimate of drug-likeness (QED) is 0.0736. The summed E-state index contributed by atoms with van der Waals surface area (Å²) >= 11 is 0. The van der Waals surface area contributed by atoms with Crippen LogP contribution in [0.15, 0.2) is 77.4 Å². The molecule has 0 saturated carbocycles. The van der Waals surface area contributed by atoms with E-state index < -0.39 is 11.6 Å². The van der Waals surface area contributed by atoms with E-state index in [0.717, 1.165) is 22.9 Å². The molecule has 3 heterocycles. The number of likely N-dealkylation sites (tertiary alicyclic amines) is 1. The van der Waals surface area contributed by atoms with Gasteiger partial charge in [0, 0.05) is 37.5 Å². The number of hydrogen-bond acceptors (Lipinski definition) is 9. The number of piperidine rings is 1. The van der Waals surface area contributed by atoms with Gasteiger partial charge in [0.15, 0.2) is 29.0 Å². The Balaban J connectivity index is 1.10. The van der Waals surface area contributed by atoms with Gasteiger partial charge in [-0.2, -0.15) is 0 Å². The molecule has 0 radical (unpaired) electrons. The highest BCUT2D eigenvalue weighted by Crippen LogP contribution is 2.38. The van der Waals surface area contributed by atoms with Crippen molar-refractivity contribution in [2.75, 3.05) is 61.2 Å². The molecule has 1 unspecified atom stereocenters. The smallest absolute Gasteiger partial charge is 0.253 e. The van der Waals surface area contributed by atoms with Crippen LogP contribution < -0.4 is 14.2 Å². The summed E-state index contributed by atoms with van der Waals surface area (Å²) in [7, 11) is 6.12. The molecule has 1 fully saturated rings. The molecule has 0 spiro atoms. The lowest BCUT2D eigenvalue weighted by atomic mass is 9.90. The number of nitrogens with zero attached hydrogens (tertiary/aromatic N) is 4. The molecule has 286 valence electrons. The Hall–Kier alpha value is -5.27. The predicted octanol–water partition coefficient (Wildman–Crippen LogP) is 6.99. The van der Waals surface area contributed by atoms with E-state index in [0.29, 0.717) is 92.9 Å². The van der Waals surface area contributed by atoms with Crippen LogP contribution in [0.3, 0.4) is 0 Å². The lowest BCUT2D eigenvalue weighted by Gasteiger charge is -2.33. The summed E-state index contributed by atoms with van der Waals surface area (Å²) in [6.07, 6.45) is 3.50. The number of benzene rings is 3. The maximum atomic E-state index is 14.5. The number of hydrogen-bond donors (Lipinski definition) is 0. The molecule has 6 rings (SSSR count). The third-order valence-electron chi connectivity index (χ3n) is 10.1. The van der Waals surface area contributed by atoms with Crippen LogP contribution in [-0.2, 0) is 17.9 Å². The van der Waals surface area contributed by atoms with Gasteiger partial charge in [0.25, 0.3) is 5.91 Å². The molecule has 11 nitrogen and oxygen atoms in total. The van der Waals surface area contributed by atoms with Gasteiger partial charge < -0.3 is 37.7 Å². The largest absolute Gasteiger partial charge is 0.493 e. The molecule has 1 aliphatic heterocycles. The summed E-state index contributed by atoms with van der Waals surface area (Å²) in [6.45, 7) is 3.48. The molecular formula is C41H46F2N4O7. The number of amides is 1. The first kappa shape index (κ1) is 38.5. The summed E-state index contributed by atoms with van der Waals surface area (Å²) in [5.41, 5.74) is 2.58. The Kier molecular flexibility index (Phi) is 12.6. The second kappa shape index (κ2) is 17.7. The molecule has 1 amide bonds. The lowest BCUT2D eigenvalue weighted by molar-refractivity contribution is 0.0778. The van der Waals surface area contributed by atoms with E-state index in [9.17, 15) is 18.4 Å². The van der Waals surface area contributed by atoms with Crippen molar-refractivity contribution in [1.82, 2.24) is 19.4 Å². The topological polar surface area (TPSA) is 109 Å². The predicted molar refractivity (Wildman–Crippen MR) is 198 cm³/mol. The van der Waals surface area contributed by atoms with Crippen molar-refractivity contribution >= 4 is 22.7 Å². The third kappa shape index (κ3) is 8.74. The first-order chi connectivity index (χ1) is 26.2. The average molecular weight is 745 g/mol. The van der Waals surface area contributed by atoms with E-state index in [1.54, 1.807) is 36.4 Å². The number of carbonyl (C=O) groups is 2. The van der Waals surface area contributed by atoms with Crippen molar-refractivity contribution < 1.29 is 41.7 Å². The van der Waals surface area contributed by atoms with Gasteiger partial charge in [-0.15, -0.1) is 0 Å². The Bertz CT molecular complexity index is 2020. The Morgan fingerprint density at radius 1 is 0.926 bits per heavy atom. The van der Waals surface area contributed by atoms with Crippen molar-refractivity contribution in [3.8, 4) is 17.2 Å². The van der Waals surface area contributed by atoms with Crippen molar-refractivity contribution in [2.24, 2.45) is 5.92 Å². The number of Topliss-reactive ketones (excluding diaryl/α,β-unsaturated/α-hetero) is 1. The summed E-state index contributed by atoms with van der Waals surface area (Å²) < 4.78 is 57.9. The van der Waals surface area contributed by atoms with Crippen molar-refractivity contribution in [3.05, 3.63) is 107 Å². The Morgan fingerprint density at radius 3 is 2.33 bits per heavy atom. The van der Waals surface area contributed by atoms with E-state index in [1.807, 2.05) is 41.0 Å². The fraction of sp³-hybridized carbons (Fsp3) is 0.390. The zero-order valence-corrected chi connectivity index (χ0v) is 31.1. The van der Waals surface area contributed by atoms with E-state index in [2.05, 4.69) is 4.90 Å². The standard InChI is InChI=1S/C41H46F2N4O7/c1-45(41(49)30-23-36(50-2)39(52-4)37(24-30)51-3)25-29(28-11-12-32(42)33(43)22-28)15-18-46-16-13-27(14-17-46)38(48)40-44-34-9-5-6-10-35(34)47(40)19-21-53-26-31-8-7-20-54-31/h5-12,20,22-24,27,29H,13-19,21,25-26H2,1-4H3. The monoisotopic (exact) mass is 744 g/mol. The van der Waals surface area contributed by atoms with Gasteiger partial charge in [-0.25, -0.2) is 13.8 Å². The zero-order valence-electron chi connectivity index (χ0n) is 31.1. The van der Waals surface area contributed by atoms with Crippen LogP contribution in [0, 0.1) is 17.6 Å². The van der Waals surface area contributed by atoms with Crippen LogP contribution in [0.5, 0.6) is 17.2 Å². The fourth-order valence-electron chi connectivity index (χ4n) is 7.12. The van der Waals surface area contributed by atoms with E-state index >= 15 is 0 Å². The molecule has 54 heavy (non-hydrogen) atoms. The van der Waals surface area contributed by atoms with Gasteiger partial charge in [0.1, 0.15) is 12.4 Å². The molecule has 1 saturated heterocycles. The molecule has 0 N–H and O–H groups in total. The number of para-hydroxylation sites is 2. The number of halogens is 2. The maximum Gasteiger partial charge on any atom is 0.253 e. The second-order valence-electron chi connectivity index (χ2n) is 13.4. The fourth-order valence-corrected chi connectivity index (χ4v) is 7.12. The molecule has 13 heteroatoms. The molecule has 5 aromatic rings. The van der Waals surface area contributed by atoms with Crippen molar-refractivity contribution in [3.63, 3.8) is 0 Å². The Morgan fingerprint density at radius 2 is 1.67 bits per heavy atom. The molecule has 0 aliphatic carbocycles. The number of likely N-dealkylation sites (N-methyl/N-ethyl adjacent to an activating group) is 1. The van der Waals surface area contributed by atoms with Crippen LogP contribution in [0.25, 0.3) is 11.0 Å². The van der Waals surface area contributed by atoms with Gasteiger partial charge in [0.2, 0.25) is 11.5 Å².